The van der Waals surface area contributed by atoms with Gasteiger partial charge >= 0.3 is 0 Å². The van der Waals surface area contributed by atoms with Gasteiger partial charge in [0.05, 0.1) is 11.4 Å². The SMILES string of the molecule is CCc1nn(C)cc1Nc1cccc(NC)n1. The molecule has 17 heavy (non-hydrogen) atoms. The minimum Gasteiger partial charge on any atom is -0.373 e. The fourth-order valence-corrected chi connectivity index (χ4v) is 1.68. The maximum Gasteiger partial charge on any atom is 0.132 e. The van der Waals surface area contributed by atoms with Gasteiger partial charge in [-0.1, -0.05) is 13.0 Å². The number of aryl methyl sites for hydroxylation is 2. The monoisotopic (exact) mass is 231 g/mol. The lowest BCUT2D eigenvalue weighted by atomic mass is 10.3. The third-order valence-corrected chi connectivity index (χ3v) is 2.51. The zero-order valence-electron chi connectivity index (χ0n) is 10.4. The van der Waals surface area contributed by atoms with E-state index in [1.54, 1.807) is 0 Å². The fraction of sp³-hybridized carbons (Fsp3) is 0.333. The number of aromatic nitrogens is 3. The molecule has 2 aromatic rings. The van der Waals surface area contributed by atoms with E-state index in [4.69, 9.17) is 0 Å². The Balaban J connectivity index is 2.24. The van der Waals surface area contributed by atoms with E-state index in [1.165, 1.54) is 0 Å². The molecule has 0 saturated heterocycles. The molecule has 5 heteroatoms. The average Bonchev–Trinajstić information content (AvgIpc) is 2.69. The summed E-state index contributed by atoms with van der Waals surface area (Å²) in [7, 11) is 3.77. The van der Waals surface area contributed by atoms with Crippen LogP contribution in [0.3, 0.4) is 0 Å². The minimum atomic E-state index is 0.819. The lowest BCUT2D eigenvalue weighted by Crippen LogP contribution is -1.98. The molecule has 0 spiro atoms. The summed E-state index contributed by atoms with van der Waals surface area (Å²) >= 11 is 0. The van der Waals surface area contributed by atoms with E-state index in [1.807, 2.05) is 43.2 Å². The maximum atomic E-state index is 4.41. The number of nitrogens with zero attached hydrogens (tertiary/aromatic N) is 3. The van der Waals surface area contributed by atoms with Gasteiger partial charge in [-0.25, -0.2) is 4.98 Å². The Labute approximate surface area is 101 Å². The molecule has 0 aromatic carbocycles. The molecule has 0 aliphatic carbocycles. The highest BCUT2D eigenvalue weighted by atomic mass is 15.3. The fourth-order valence-electron chi connectivity index (χ4n) is 1.68. The Hall–Kier alpha value is -2.04. The van der Waals surface area contributed by atoms with E-state index in [0.717, 1.165) is 29.4 Å². The molecule has 2 heterocycles. The van der Waals surface area contributed by atoms with E-state index in [9.17, 15) is 0 Å². The number of hydrogen-bond donors (Lipinski definition) is 2. The van der Waals surface area contributed by atoms with Crippen molar-refractivity contribution in [1.29, 1.82) is 0 Å². The van der Waals surface area contributed by atoms with Crippen LogP contribution in [-0.2, 0) is 13.5 Å². The second kappa shape index (κ2) is 4.86. The van der Waals surface area contributed by atoms with Crippen molar-refractivity contribution >= 4 is 17.3 Å². The molecule has 0 aliphatic rings. The summed E-state index contributed by atoms with van der Waals surface area (Å²) in [6.45, 7) is 2.09. The van der Waals surface area contributed by atoms with Gasteiger partial charge in [0.15, 0.2) is 0 Å². The van der Waals surface area contributed by atoms with Crippen molar-refractivity contribution in [2.24, 2.45) is 7.05 Å². The van der Waals surface area contributed by atoms with Crippen LogP contribution >= 0.6 is 0 Å². The van der Waals surface area contributed by atoms with E-state index in [-0.39, 0.29) is 0 Å². The molecule has 5 nitrogen and oxygen atoms in total. The Morgan fingerprint density at radius 1 is 1.29 bits per heavy atom. The van der Waals surface area contributed by atoms with Gasteiger partial charge < -0.3 is 10.6 Å². The van der Waals surface area contributed by atoms with Crippen molar-refractivity contribution in [3.63, 3.8) is 0 Å². The highest BCUT2D eigenvalue weighted by Crippen LogP contribution is 2.19. The Morgan fingerprint density at radius 2 is 2.06 bits per heavy atom. The first kappa shape index (κ1) is 11.4. The van der Waals surface area contributed by atoms with Crippen molar-refractivity contribution in [3.05, 3.63) is 30.1 Å². The van der Waals surface area contributed by atoms with Crippen LogP contribution in [0.5, 0.6) is 0 Å². The standard InChI is InChI=1S/C12H17N5/c1-4-9-10(8-17(3)16-9)14-12-7-5-6-11(13-2)15-12/h5-8H,4H2,1-3H3,(H2,13,14,15). The maximum absolute atomic E-state index is 4.41. The number of hydrogen-bond acceptors (Lipinski definition) is 4. The van der Waals surface area contributed by atoms with Gasteiger partial charge in [0.2, 0.25) is 0 Å². The molecule has 0 fully saturated rings. The first-order valence-electron chi connectivity index (χ1n) is 5.67. The highest BCUT2D eigenvalue weighted by Gasteiger charge is 2.06. The molecule has 0 bridgehead atoms. The number of rotatable bonds is 4. The van der Waals surface area contributed by atoms with Crippen molar-refractivity contribution < 1.29 is 0 Å². The number of nitrogens with one attached hydrogen (secondary N) is 2. The summed E-state index contributed by atoms with van der Waals surface area (Å²) in [5.41, 5.74) is 2.06. The molecule has 0 radical (unpaired) electrons. The summed E-state index contributed by atoms with van der Waals surface area (Å²) in [5, 5.41) is 10.7. The molecule has 0 saturated carbocycles. The summed E-state index contributed by atoms with van der Waals surface area (Å²) in [6.07, 6.45) is 2.86. The summed E-state index contributed by atoms with van der Waals surface area (Å²) in [6, 6.07) is 5.82. The quantitative estimate of drug-likeness (QED) is 0.846. The van der Waals surface area contributed by atoms with Crippen LogP contribution in [0.1, 0.15) is 12.6 Å². The predicted molar refractivity (Wildman–Crippen MR) is 69.7 cm³/mol. The second-order valence-electron chi connectivity index (χ2n) is 3.80. The third kappa shape index (κ3) is 2.55. The van der Waals surface area contributed by atoms with Gasteiger partial charge in [-0.3, -0.25) is 4.68 Å². The largest absolute Gasteiger partial charge is 0.373 e. The van der Waals surface area contributed by atoms with Gasteiger partial charge in [-0.05, 0) is 18.6 Å². The molecule has 2 N–H and O–H groups in total. The van der Waals surface area contributed by atoms with Gasteiger partial charge in [0.1, 0.15) is 11.6 Å². The van der Waals surface area contributed by atoms with Gasteiger partial charge in [0.25, 0.3) is 0 Å². The molecule has 2 aromatic heterocycles. The zero-order valence-corrected chi connectivity index (χ0v) is 10.4. The first-order chi connectivity index (χ1) is 8.22. The lowest BCUT2D eigenvalue weighted by molar-refractivity contribution is 0.746. The molecule has 0 unspecified atom stereocenters. The van der Waals surface area contributed by atoms with Crippen LogP contribution in [0.2, 0.25) is 0 Å². The van der Waals surface area contributed by atoms with E-state index < -0.39 is 0 Å². The average molecular weight is 231 g/mol. The van der Waals surface area contributed by atoms with Gasteiger partial charge in [0, 0.05) is 20.3 Å². The predicted octanol–water partition coefficient (Wildman–Crippen LogP) is 2.16. The Morgan fingerprint density at radius 3 is 2.76 bits per heavy atom. The van der Waals surface area contributed by atoms with Crippen LogP contribution in [0.15, 0.2) is 24.4 Å². The Bertz CT molecular complexity index is 503. The lowest BCUT2D eigenvalue weighted by Gasteiger charge is -2.06. The van der Waals surface area contributed by atoms with Crippen molar-refractivity contribution in [1.82, 2.24) is 14.8 Å². The molecular formula is C12H17N5. The highest BCUT2D eigenvalue weighted by molar-refractivity contribution is 5.59. The van der Waals surface area contributed by atoms with Crippen molar-refractivity contribution in [2.75, 3.05) is 17.7 Å². The minimum absolute atomic E-state index is 0.819. The summed E-state index contributed by atoms with van der Waals surface area (Å²) < 4.78 is 1.81. The summed E-state index contributed by atoms with van der Waals surface area (Å²) in [4.78, 5) is 4.41. The smallest absolute Gasteiger partial charge is 0.132 e. The number of pyridine rings is 1. The molecule has 0 aliphatic heterocycles. The van der Waals surface area contributed by atoms with E-state index in [2.05, 4.69) is 27.6 Å². The van der Waals surface area contributed by atoms with Gasteiger partial charge in [-0.2, -0.15) is 5.10 Å². The van der Waals surface area contributed by atoms with E-state index >= 15 is 0 Å². The third-order valence-electron chi connectivity index (χ3n) is 2.51. The van der Waals surface area contributed by atoms with Crippen LogP contribution in [0.4, 0.5) is 17.3 Å². The normalized spacial score (nSPS) is 10.3. The second-order valence-corrected chi connectivity index (χ2v) is 3.80. The first-order valence-corrected chi connectivity index (χ1v) is 5.67. The Kier molecular flexibility index (Phi) is 3.27. The molecule has 90 valence electrons. The van der Waals surface area contributed by atoms with Crippen LogP contribution < -0.4 is 10.6 Å². The topological polar surface area (TPSA) is 54.8 Å². The van der Waals surface area contributed by atoms with Crippen molar-refractivity contribution in [3.8, 4) is 0 Å². The van der Waals surface area contributed by atoms with E-state index in [0.29, 0.717) is 0 Å². The van der Waals surface area contributed by atoms with Crippen LogP contribution in [0, 0.1) is 0 Å². The van der Waals surface area contributed by atoms with Crippen LogP contribution in [-0.4, -0.2) is 21.8 Å². The van der Waals surface area contributed by atoms with Gasteiger partial charge in [-0.15, -0.1) is 0 Å². The molecule has 0 atom stereocenters. The van der Waals surface area contributed by atoms with Crippen LogP contribution in [0.25, 0.3) is 0 Å². The molecular weight excluding hydrogens is 214 g/mol. The van der Waals surface area contributed by atoms with Crippen molar-refractivity contribution in [2.45, 2.75) is 13.3 Å². The molecule has 0 amide bonds. The number of anilines is 3. The summed E-state index contributed by atoms with van der Waals surface area (Å²) in [5.74, 6) is 1.66. The molecule has 2 rings (SSSR count). The zero-order chi connectivity index (χ0) is 12.3.